The van der Waals surface area contributed by atoms with E-state index in [0.29, 0.717) is 6.54 Å². The molecule has 1 rings (SSSR count). The van der Waals surface area contributed by atoms with E-state index in [1.54, 1.807) is 24.1 Å². The van der Waals surface area contributed by atoms with Gasteiger partial charge in [0.2, 0.25) is 5.91 Å². The maximum absolute atomic E-state index is 13.1. The molecule has 1 aromatic carbocycles. The van der Waals surface area contributed by atoms with Crippen LogP contribution in [0.5, 0.6) is 0 Å². The fourth-order valence-electron chi connectivity index (χ4n) is 1.79. The second-order valence-electron chi connectivity index (χ2n) is 6.05. The molecular formula is C15H22FN3O2. The molecule has 0 saturated heterocycles. The molecule has 0 unspecified atom stereocenters. The van der Waals surface area contributed by atoms with Crippen molar-refractivity contribution in [2.75, 3.05) is 13.6 Å². The first kappa shape index (κ1) is 17.1. The highest BCUT2D eigenvalue weighted by atomic mass is 19.1. The highest BCUT2D eigenvalue weighted by Gasteiger charge is 2.16. The van der Waals surface area contributed by atoms with E-state index in [9.17, 15) is 14.0 Å². The van der Waals surface area contributed by atoms with Crippen molar-refractivity contribution in [2.45, 2.75) is 32.9 Å². The normalized spacial score (nSPS) is 11.3. The second kappa shape index (κ2) is 7.17. The lowest BCUT2D eigenvalue weighted by atomic mass is 10.1. The van der Waals surface area contributed by atoms with Gasteiger partial charge in [0.1, 0.15) is 5.82 Å². The SMILES string of the molecule is CN(CC(=O)NC(=O)NC(C)(C)C)Cc1cccc(F)c1. The van der Waals surface area contributed by atoms with E-state index in [1.165, 1.54) is 12.1 Å². The van der Waals surface area contributed by atoms with E-state index >= 15 is 0 Å². The van der Waals surface area contributed by atoms with Crippen molar-refractivity contribution in [3.8, 4) is 0 Å². The quantitative estimate of drug-likeness (QED) is 0.891. The van der Waals surface area contributed by atoms with Crippen molar-refractivity contribution in [1.29, 1.82) is 0 Å². The largest absolute Gasteiger partial charge is 0.333 e. The van der Waals surface area contributed by atoms with E-state index < -0.39 is 17.5 Å². The average molecular weight is 295 g/mol. The Balaban J connectivity index is 2.42. The number of nitrogens with one attached hydrogen (secondary N) is 2. The van der Waals surface area contributed by atoms with E-state index in [2.05, 4.69) is 10.6 Å². The predicted molar refractivity (Wildman–Crippen MR) is 79.2 cm³/mol. The van der Waals surface area contributed by atoms with Gasteiger partial charge < -0.3 is 5.32 Å². The molecule has 0 atom stereocenters. The third kappa shape index (κ3) is 7.41. The molecule has 0 bridgehead atoms. The van der Waals surface area contributed by atoms with Gasteiger partial charge in [0, 0.05) is 12.1 Å². The van der Waals surface area contributed by atoms with Gasteiger partial charge in [-0.2, -0.15) is 0 Å². The van der Waals surface area contributed by atoms with Gasteiger partial charge >= 0.3 is 6.03 Å². The van der Waals surface area contributed by atoms with E-state index in [0.717, 1.165) is 5.56 Å². The molecule has 0 saturated carbocycles. The smallest absolute Gasteiger partial charge is 0.321 e. The number of urea groups is 1. The van der Waals surface area contributed by atoms with Crippen LogP contribution >= 0.6 is 0 Å². The minimum absolute atomic E-state index is 0.0497. The van der Waals surface area contributed by atoms with Crippen LogP contribution in [0.2, 0.25) is 0 Å². The van der Waals surface area contributed by atoms with Crippen LogP contribution < -0.4 is 10.6 Å². The molecule has 21 heavy (non-hydrogen) atoms. The molecule has 0 heterocycles. The number of likely N-dealkylation sites (N-methyl/N-ethyl adjacent to an activating group) is 1. The lowest BCUT2D eigenvalue weighted by molar-refractivity contribution is -0.121. The number of benzene rings is 1. The molecule has 116 valence electrons. The average Bonchev–Trinajstić information content (AvgIpc) is 2.24. The molecule has 0 aliphatic carbocycles. The number of carbonyl (C=O) groups excluding carboxylic acids is 2. The van der Waals surface area contributed by atoms with Gasteiger partial charge in [-0.1, -0.05) is 12.1 Å². The Hall–Kier alpha value is -1.95. The van der Waals surface area contributed by atoms with Crippen LogP contribution in [0.1, 0.15) is 26.3 Å². The summed E-state index contributed by atoms with van der Waals surface area (Å²) < 4.78 is 13.1. The first-order chi connectivity index (χ1) is 9.65. The number of amides is 3. The summed E-state index contributed by atoms with van der Waals surface area (Å²) in [5.41, 5.74) is 0.363. The van der Waals surface area contributed by atoms with Crippen LogP contribution in [0, 0.1) is 5.82 Å². The molecule has 2 N–H and O–H groups in total. The molecule has 1 aromatic rings. The van der Waals surface area contributed by atoms with Gasteiger partial charge in [-0.3, -0.25) is 15.0 Å². The van der Waals surface area contributed by atoms with E-state index in [-0.39, 0.29) is 12.4 Å². The maximum atomic E-state index is 13.1. The minimum atomic E-state index is -0.522. The monoisotopic (exact) mass is 295 g/mol. The number of rotatable bonds is 4. The van der Waals surface area contributed by atoms with Gasteiger partial charge in [-0.05, 0) is 45.5 Å². The zero-order valence-corrected chi connectivity index (χ0v) is 12.9. The number of hydrogen-bond donors (Lipinski definition) is 2. The van der Waals surface area contributed by atoms with Crippen LogP contribution in [0.25, 0.3) is 0 Å². The van der Waals surface area contributed by atoms with E-state index in [1.807, 2.05) is 20.8 Å². The minimum Gasteiger partial charge on any atom is -0.333 e. The number of nitrogens with zero attached hydrogens (tertiary/aromatic N) is 1. The summed E-state index contributed by atoms with van der Waals surface area (Å²) in [6.45, 7) is 5.95. The fraction of sp³-hybridized carbons (Fsp3) is 0.467. The van der Waals surface area contributed by atoms with Crippen molar-refractivity contribution in [3.63, 3.8) is 0 Å². The Kier molecular flexibility index (Phi) is 5.84. The Labute approximate surface area is 124 Å². The number of hydrogen-bond acceptors (Lipinski definition) is 3. The van der Waals surface area contributed by atoms with Gasteiger partial charge in [0.15, 0.2) is 0 Å². The van der Waals surface area contributed by atoms with Crippen molar-refractivity contribution >= 4 is 11.9 Å². The van der Waals surface area contributed by atoms with Crippen molar-refractivity contribution in [1.82, 2.24) is 15.5 Å². The number of imide groups is 1. The van der Waals surface area contributed by atoms with Gasteiger partial charge in [-0.25, -0.2) is 9.18 Å². The molecule has 0 aliphatic rings. The van der Waals surface area contributed by atoms with Crippen molar-refractivity contribution in [2.24, 2.45) is 0 Å². The summed E-state index contributed by atoms with van der Waals surface area (Å²) in [7, 11) is 1.73. The first-order valence-corrected chi connectivity index (χ1v) is 6.71. The van der Waals surface area contributed by atoms with Crippen LogP contribution in [-0.2, 0) is 11.3 Å². The Morgan fingerprint density at radius 2 is 1.95 bits per heavy atom. The molecular weight excluding hydrogens is 273 g/mol. The molecule has 5 nitrogen and oxygen atoms in total. The standard InChI is InChI=1S/C15H22FN3O2/c1-15(2,3)18-14(21)17-13(20)10-19(4)9-11-6-5-7-12(16)8-11/h5-8H,9-10H2,1-4H3,(H2,17,18,20,21). The molecule has 0 radical (unpaired) electrons. The molecule has 3 amide bonds. The maximum Gasteiger partial charge on any atom is 0.321 e. The lowest BCUT2D eigenvalue weighted by Crippen LogP contribution is -2.50. The summed E-state index contributed by atoms with van der Waals surface area (Å²) in [5.74, 6) is -0.717. The van der Waals surface area contributed by atoms with Crippen LogP contribution in [0.3, 0.4) is 0 Å². The molecule has 6 heteroatoms. The fourth-order valence-corrected chi connectivity index (χ4v) is 1.79. The van der Waals surface area contributed by atoms with Gasteiger partial charge in [0.05, 0.1) is 6.54 Å². The lowest BCUT2D eigenvalue weighted by Gasteiger charge is -2.21. The third-order valence-electron chi connectivity index (χ3n) is 2.50. The van der Waals surface area contributed by atoms with Gasteiger partial charge in [-0.15, -0.1) is 0 Å². The van der Waals surface area contributed by atoms with Crippen LogP contribution in [0.4, 0.5) is 9.18 Å². The zero-order chi connectivity index (χ0) is 16.0. The molecule has 0 spiro atoms. The van der Waals surface area contributed by atoms with Crippen LogP contribution in [-0.4, -0.2) is 36.0 Å². The zero-order valence-electron chi connectivity index (χ0n) is 12.9. The molecule has 0 aromatic heterocycles. The summed E-state index contributed by atoms with van der Waals surface area (Å²) in [5, 5.41) is 4.90. The summed E-state index contributed by atoms with van der Waals surface area (Å²) in [4.78, 5) is 25.0. The molecule has 0 aliphatic heterocycles. The van der Waals surface area contributed by atoms with Crippen molar-refractivity contribution < 1.29 is 14.0 Å². The Morgan fingerprint density at radius 1 is 1.29 bits per heavy atom. The van der Waals surface area contributed by atoms with Crippen molar-refractivity contribution in [3.05, 3.63) is 35.6 Å². The third-order valence-corrected chi connectivity index (χ3v) is 2.50. The molecule has 0 fully saturated rings. The number of carbonyl (C=O) groups is 2. The second-order valence-corrected chi connectivity index (χ2v) is 6.05. The first-order valence-electron chi connectivity index (χ1n) is 6.71. The van der Waals surface area contributed by atoms with E-state index in [4.69, 9.17) is 0 Å². The number of halogens is 1. The highest BCUT2D eigenvalue weighted by molar-refractivity contribution is 5.95. The Morgan fingerprint density at radius 3 is 2.52 bits per heavy atom. The Bertz CT molecular complexity index is 512. The summed E-state index contributed by atoms with van der Waals surface area (Å²) in [6.07, 6.45) is 0. The van der Waals surface area contributed by atoms with Gasteiger partial charge in [0.25, 0.3) is 0 Å². The topological polar surface area (TPSA) is 61.4 Å². The summed E-state index contributed by atoms with van der Waals surface area (Å²) >= 11 is 0. The van der Waals surface area contributed by atoms with Crippen LogP contribution in [0.15, 0.2) is 24.3 Å². The summed E-state index contributed by atoms with van der Waals surface area (Å²) in [6, 6.07) is 5.67. The predicted octanol–water partition coefficient (Wildman–Crippen LogP) is 1.88. The highest BCUT2D eigenvalue weighted by Crippen LogP contribution is 2.05.